The summed E-state index contributed by atoms with van der Waals surface area (Å²) in [5.41, 5.74) is 3.68. The van der Waals surface area contributed by atoms with Crippen molar-refractivity contribution in [3.63, 3.8) is 0 Å². The van der Waals surface area contributed by atoms with Crippen molar-refractivity contribution in [3.05, 3.63) is 107 Å². The van der Waals surface area contributed by atoms with E-state index in [1.807, 2.05) is 54.6 Å². The summed E-state index contributed by atoms with van der Waals surface area (Å²) in [4.78, 5) is 0. The molecule has 0 bridgehead atoms. The summed E-state index contributed by atoms with van der Waals surface area (Å²) < 4.78 is 14.2. The van der Waals surface area contributed by atoms with Crippen molar-refractivity contribution in [2.75, 3.05) is 5.32 Å². The molecule has 150 valence electrons. The van der Waals surface area contributed by atoms with Gasteiger partial charge in [0.15, 0.2) is 0 Å². The van der Waals surface area contributed by atoms with Crippen LogP contribution in [0, 0.1) is 5.82 Å². The molecule has 29 heavy (non-hydrogen) atoms. The number of nitrogens with one attached hydrogen (secondary N) is 1. The topological polar surface area (TPSA) is 12.0 Å². The molecule has 0 aliphatic carbocycles. The lowest BCUT2D eigenvalue weighted by molar-refractivity contribution is 0.457. The standard InChI is InChI=1S/C26H27ClFN/c1-3-26(4-2,21-13-15-22(27)16-14-21)18-8-9-20-12-17-24(28)25(19-20)29-23-10-6-5-7-11-23/h3,5-7,10-17,19,29H,1,4,8-9,18H2,2H3. The van der Waals surface area contributed by atoms with Gasteiger partial charge in [0.05, 0.1) is 5.69 Å². The van der Waals surface area contributed by atoms with E-state index in [9.17, 15) is 4.39 Å². The molecule has 1 nitrogen and oxygen atoms in total. The molecular weight excluding hydrogens is 381 g/mol. The molecule has 0 saturated carbocycles. The first kappa shape index (κ1) is 21.1. The third-order valence-corrected chi connectivity index (χ3v) is 5.86. The van der Waals surface area contributed by atoms with Gasteiger partial charge >= 0.3 is 0 Å². The zero-order valence-electron chi connectivity index (χ0n) is 16.8. The minimum Gasteiger partial charge on any atom is -0.353 e. The van der Waals surface area contributed by atoms with Crippen LogP contribution in [0.15, 0.2) is 85.5 Å². The second-order valence-corrected chi connectivity index (χ2v) is 7.82. The molecule has 1 atom stereocenters. The van der Waals surface area contributed by atoms with E-state index in [2.05, 4.69) is 37.0 Å². The maximum atomic E-state index is 14.2. The van der Waals surface area contributed by atoms with E-state index < -0.39 is 0 Å². The quantitative estimate of drug-likeness (QED) is 0.353. The molecule has 0 heterocycles. The molecule has 0 aliphatic heterocycles. The van der Waals surface area contributed by atoms with E-state index in [-0.39, 0.29) is 11.2 Å². The van der Waals surface area contributed by atoms with Crippen LogP contribution in [-0.4, -0.2) is 0 Å². The van der Waals surface area contributed by atoms with Crippen molar-refractivity contribution in [2.24, 2.45) is 0 Å². The molecule has 3 aromatic carbocycles. The van der Waals surface area contributed by atoms with E-state index in [0.717, 1.165) is 42.0 Å². The fraction of sp³-hybridized carbons (Fsp3) is 0.231. The zero-order chi connectivity index (χ0) is 20.7. The van der Waals surface area contributed by atoms with Gasteiger partial charge in [-0.15, -0.1) is 6.58 Å². The third-order valence-electron chi connectivity index (χ3n) is 5.61. The highest BCUT2D eigenvalue weighted by molar-refractivity contribution is 6.30. The zero-order valence-corrected chi connectivity index (χ0v) is 17.6. The van der Waals surface area contributed by atoms with Gasteiger partial charge in [-0.25, -0.2) is 4.39 Å². The first-order valence-electron chi connectivity index (χ1n) is 10.1. The number of aryl methyl sites for hydroxylation is 1. The Bertz CT molecular complexity index is 937. The fourth-order valence-corrected chi connectivity index (χ4v) is 3.91. The van der Waals surface area contributed by atoms with E-state index in [1.165, 1.54) is 5.56 Å². The van der Waals surface area contributed by atoms with Crippen LogP contribution < -0.4 is 5.32 Å². The van der Waals surface area contributed by atoms with Crippen LogP contribution in [0.1, 0.15) is 37.3 Å². The summed E-state index contributed by atoms with van der Waals surface area (Å²) in [6.45, 7) is 6.30. The summed E-state index contributed by atoms with van der Waals surface area (Å²) in [5, 5.41) is 3.91. The largest absolute Gasteiger partial charge is 0.353 e. The maximum Gasteiger partial charge on any atom is 0.146 e. The highest BCUT2D eigenvalue weighted by Gasteiger charge is 2.26. The van der Waals surface area contributed by atoms with Crippen molar-refractivity contribution in [3.8, 4) is 0 Å². The lowest BCUT2D eigenvalue weighted by atomic mass is 9.74. The molecule has 0 aromatic heterocycles. The van der Waals surface area contributed by atoms with Crippen LogP contribution in [0.3, 0.4) is 0 Å². The predicted octanol–water partition coefficient (Wildman–Crippen LogP) is 8.08. The SMILES string of the molecule is C=CC(CC)(CCCc1ccc(F)c(Nc2ccccc2)c1)c1ccc(Cl)cc1. The van der Waals surface area contributed by atoms with Gasteiger partial charge in [-0.1, -0.05) is 61.0 Å². The Labute approximate surface area is 178 Å². The highest BCUT2D eigenvalue weighted by Crippen LogP contribution is 2.35. The van der Waals surface area contributed by atoms with Crippen LogP contribution in [0.4, 0.5) is 15.8 Å². The molecule has 1 N–H and O–H groups in total. The molecule has 0 fully saturated rings. The molecule has 3 aromatic rings. The van der Waals surface area contributed by atoms with Crippen molar-refractivity contribution in [1.29, 1.82) is 0 Å². The summed E-state index contributed by atoms with van der Waals surface area (Å²) in [7, 11) is 0. The molecule has 0 saturated heterocycles. The van der Waals surface area contributed by atoms with E-state index >= 15 is 0 Å². The first-order chi connectivity index (χ1) is 14.1. The monoisotopic (exact) mass is 407 g/mol. The Kier molecular flexibility index (Phi) is 7.11. The highest BCUT2D eigenvalue weighted by atomic mass is 35.5. The van der Waals surface area contributed by atoms with Crippen LogP contribution in [0.2, 0.25) is 5.02 Å². The Morgan fingerprint density at radius 1 is 1.03 bits per heavy atom. The van der Waals surface area contributed by atoms with Crippen molar-refractivity contribution in [2.45, 2.75) is 38.0 Å². The van der Waals surface area contributed by atoms with Gasteiger partial charge in [-0.2, -0.15) is 0 Å². The Morgan fingerprint density at radius 3 is 2.41 bits per heavy atom. The number of halogens is 2. The second kappa shape index (κ2) is 9.76. The number of hydrogen-bond donors (Lipinski definition) is 1. The molecule has 0 radical (unpaired) electrons. The van der Waals surface area contributed by atoms with Crippen LogP contribution in [0.5, 0.6) is 0 Å². The predicted molar refractivity (Wildman–Crippen MR) is 123 cm³/mol. The van der Waals surface area contributed by atoms with E-state index in [4.69, 9.17) is 11.6 Å². The molecule has 3 heteroatoms. The molecule has 1 unspecified atom stereocenters. The van der Waals surface area contributed by atoms with Gasteiger partial charge in [0.1, 0.15) is 5.82 Å². The molecule has 3 rings (SSSR count). The summed E-state index contributed by atoms with van der Waals surface area (Å²) >= 11 is 6.06. The van der Waals surface area contributed by atoms with Crippen LogP contribution in [-0.2, 0) is 11.8 Å². The minimum atomic E-state index is -0.243. The van der Waals surface area contributed by atoms with E-state index in [1.54, 1.807) is 6.07 Å². The van der Waals surface area contributed by atoms with Crippen LogP contribution >= 0.6 is 11.6 Å². The summed E-state index contributed by atoms with van der Waals surface area (Å²) in [6.07, 6.45) is 5.88. The number of rotatable bonds is 9. The van der Waals surface area contributed by atoms with Gasteiger partial charge < -0.3 is 5.32 Å². The summed E-state index contributed by atoms with van der Waals surface area (Å²) in [6, 6.07) is 23.0. The average Bonchev–Trinajstić information content (AvgIpc) is 2.75. The molecular formula is C26H27ClFN. The van der Waals surface area contributed by atoms with Gasteiger partial charge in [-0.05, 0) is 73.2 Å². The van der Waals surface area contributed by atoms with E-state index in [0.29, 0.717) is 5.69 Å². The van der Waals surface area contributed by atoms with Crippen molar-refractivity contribution >= 4 is 23.0 Å². The minimum absolute atomic E-state index is 0.0737. The van der Waals surface area contributed by atoms with Crippen molar-refractivity contribution in [1.82, 2.24) is 0 Å². The second-order valence-electron chi connectivity index (χ2n) is 7.38. The number of para-hydroxylation sites is 1. The summed E-state index contributed by atoms with van der Waals surface area (Å²) in [5.74, 6) is -0.243. The van der Waals surface area contributed by atoms with Gasteiger partial charge in [-0.3, -0.25) is 0 Å². The fourth-order valence-electron chi connectivity index (χ4n) is 3.78. The first-order valence-corrected chi connectivity index (χ1v) is 10.4. The number of allylic oxidation sites excluding steroid dienone is 1. The van der Waals surface area contributed by atoms with Gasteiger partial charge in [0, 0.05) is 16.1 Å². The molecule has 0 spiro atoms. The molecule has 0 aliphatic rings. The number of benzene rings is 3. The average molecular weight is 408 g/mol. The third kappa shape index (κ3) is 5.27. The molecule has 0 amide bonds. The van der Waals surface area contributed by atoms with Crippen molar-refractivity contribution < 1.29 is 4.39 Å². The maximum absolute atomic E-state index is 14.2. The van der Waals surface area contributed by atoms with Gasteiger partial charge in [0.2, 0.25) is 0 Å². The number of hydrogen-bond acceptors (Lipinski definition) is 1. The van der Waals surface area contributed by atoms with Crippen LogP contribution in [0.25, 0.3) is 0 Å². The Balaban J connectivity index is 1.69. The lowest BCUT2D eigenvalue weighted by Crippen LogP contribution is -2.22. The Hall–Kier alpha value is -2.58. The smallest absolute Gasteiger partial charge is 0.146 e. The van der Waals surface area contributed by atoms with Gasteiger partial charge in [0.25, 0.3) is 0 Å². The normalized spacial score (nSPS) is 12.9. The Morgan fingerprint density at radius 2 is 1.76 bits per heavy atom. The lowest BCUT2D eigenvalue weighted by Gasteiger charge is -2.30. The number of anilines is 2.